The van der Waals surface area contributed by atoms with Crippen molar-refractivity contribution in [1.82, 2.24) is 14.8 Å². The van der Waals surface area contributed by atoms with Crippen LogP contribution in [0.3, 0.4) is 0 Å². The lowest BCUT2D eigenvalue weighted by Gasteiger charge is -2.25. The van der Waals surface area contributed by atoms with Crippen molar-refractivity contribution < 1.29 is 5.11 Å². The highest BCUT2D eigenvalue weighted by atomic mass is 32.2. The molecule has 112 valence electrons. The second-order valence-electron chi connectivity index (χ2n) is 6.66. The van der Waals surface area contributed by atoms with Gasteiger partial charge in [-0.25, -0.2) is 0 Å². The van der Waals surface area contributed by atoms with Crippen molar-refractivity contribution in [2.75, 3.05) is 6.61 Å². The van der Waals surface area contributed by atoms with E-state index in [2.05, 4.69) is 21.7 Å². The number of rotatable bonds is 7. The first-order valence-corrected chi connectivity index (χ1v) is 8.39. The number of aromatic nitrogens is 3. The molecule has 0 amide bonds. The van der Waals surface area contributed by atoms with Gasteiger partial charge >= 0.3 is 0 Å². The SMILES string of the molecule is CC(CC(C)(N)CO)Sc1nnc(C2CC2)n1C1CC1. The van der Waals surface area contributed by atoms with Gasteiger partial charge in [0.05, 0.1) is 6.61 Å². The van der Waals surface area contributed by atoms with Gasteiger partial charge in [-0.3, -0.25) is 0 Å². The molecule has 1 aromatic heterocycles. The normalized spacial score (nSPS) is 23.6. The van der Waals surface area contributed by atoms with Crippen molar-refractivity contribution in [3.8, 4) is 0 Å². The van der Waals surface area contributed by atoms with Crippen LogP contribution >= 0.6 is 11.8 Å². The van der Waals surface area contributed by atoms with Gasteiger partial charge in [-0.1, -0.05) is 18.7 Å². The Kier molecular flexibility index (Phi) is 3.81. The molecule has 0 saturated heterocycles. The molecule has 2 unspecified atom stereocenters. The van der Waals surface area contributed by atoms with E-state index in [9.17, 15) is 5.11 Å². The second-order valence-corrected chi connectivity index (χ2v) is 8.07. The number of hydrogen-bond donors (Lipinski definition) is 2. The Morgan fingerprint density at radius 1 is 1.40 bits per heavy atom. The molecule has 20 heavy (non-hydrogen) atoms. The van der Waals surface area contributed by atoms with Crippen LogP contribution in [0.15, 0.2) is 5.16 Å². The van der Waals surface area contributed by atoms with E-state index in [-0.39, 0.29) is 6.61 Å². The first kappa shape index (κ1) is 14.4. The minimum Gasteiger partial charge on any atom is -0.394 e. The molecule has 2 saturated carbocycles. The van der Waals surface area contributed by atoms with Gasteiger partial charge in [-0.2, -0.15) is 0 Å². The molecule has 3 rings (SSSR count). The molecule has 3 N–H and O–H groups in total. The Hall–Kier alpha value is -0.590. The van der Waals surface area contributed by atoms with Gasteiger partial charge in [0.25, 0.3) is 0 Å². The first-order valence-electron chi connectivity index (χ1n) is 7.51. The molecule has 6 heteroatoms. The Balaban J connectivity index is 1.70. The van der Waals surface area contributed by atoms with E-state index in [1.165, 1.54) is 31.5 Å². The van der Waals surface area contributed by atoms with Crippen LogP contribution in [0.1, 0.15) is 63.7 Å². The predicted octanol–water partition coefficient (Wildman–Crippen LogP) is 2.07. The Morgan fingerprint density at radius 2 is 2.10 bits per heavy atom. The molecule has 2 atom stereocenters. The summed E-state index contributed by atoms with van der Waals surface area (Å²) < 4.78 is 2.37. The van der Waals surface area contributed by atoms with Gasteiger partial charge in [-0.15, -0.1) is 10.2 Å². The Labute approximate surface area is 124 Å². The van der Waals surface area contributed by atoms with Crippen molar-refractivity contribution in [3.63, 3.8) is 0 Å². The number of aliphatic hydroxyl groups excluding tert-OH is 1. The molecule has 0 aliphatic heterocycles. The van der Waals surface area contributed by atoms with E-state index >= 15 is 0 Å². The van der Waals surface area contributed by atoms with Crippen LogP contribution < -0.4 is 5.73 Å². The average Bonchev–Trinajstić information content (AvgIpc) is 3.28. The molecular formula is C14H24N4OS. The molecule has 0 bridgehead atoms. The summed E-state index contributed by atoms with van der Waals surface area (Å²) in [5.41, 5.74) is 5.52. The monoisotopic (exact) mass is 296 g/mol. The molecule has 0 spiro atoms. The van der Waals surface area contributed by atoms with Crippen LogP contribution in [0.4, 0.5) is 0 Å². The van der Waals surface area contributed by atoms with Gasteiger partial charge in [0.15, 0.2) is 5.16 Å². The fourth-order valence-electron chi connectivity index (χ4n) is 2.61. The highest BCUT2D eigenvalue weighted by Gasteiger charge is 2.36. The summed E-state index contributed by atoms with van der Waals surface area (Å²) in [4.78, 5) is 0. The van der Waals surface area contributed by atoms with Crippen LogP contribution in [-0.2, 0) is 0 Å². The summed E-state index contributed by atoms with van der Waals surface area (Å²) in [5, 5.41) is 19.5. The fraction of sp³-hybridized carbons (Fsp3) is 0.857. The van der Waals surface area contributed by atoms with Gasteiger partial charge in [0.2, 0.25) is 0 Å². The number of hydrogen-bond acceptors (Lipinski definition) is 5. The molecule has 0 aromatic carbocycles. The topological polar surface area (TPSA) is 77.0 Å². The molecule has 1 aromatic rings. The quantitative estimate of drug-likeness (QED) is 0.753. The molecule has 5 nitrogen and oxygen atoms in total. The van der Waals surface area contributed by atoms with E-state index in [1.807, 2.05) is 6.92 Å². The summed E-state index contributed by atoms with van der Waals surface area (Å²) in [6.07, 6.45) is 5.80. The minimum absolute atomic E-state index is 0.0144. The van der Waals surface area contributed by atoms with Crippen molar-refractivity contribution in [3.05, 3.63) is 5.82 Å². The maximum absolute atomic E-state index is 9.28. The number of thioether (sulfide) groups is 1. The van der Waals surface area contributed by atoms with Crippen LogP contribution in [0.5, 0.6) is 0 Å². The van der Waals surface area contributed by atoms with Crippen molar-refractivity contribution in [1.29, 1.82) is 0 Å². The largest absolute Gasteiger partial charge is 0.394 e. The number of nitrogens with zero attached hydrogens (tertiary/aromatic N) is 3. The lowest BCUT2D eigenvalue weighted by molar-refractivity contribution is 0.201. The lowest BCUT2D eigenvalue weighted by Crippen LogP contribution is -2.42. The molecular weight excluding hydrogens is 272 g/mol. The molecule has 1 heterocycles. The smallest absolute Gasteiger partial charge is 0.191 e. The maximum atomic E-state index is 9.28. The summed E-state index contributed by atoms with van der Waals surface area (Å²) in [6, 6.07) is 0.623. The van der Waals surface area contributed by atoms with E-state index in [4.69, 9.17) is 5.73 Å². The second kappa shape index (κ2) is 5.31. The summed E-state index contributed by atoms with van der Waals surface area (Å²) in [5.74, 6) is 1.84. The number of aliphatic hydroxyl groups is 1. The van der Waals surface area contributed by atoms with Crippen molar-refractivity contribution in [2.24, 2.45) is 5.73 Å². The van der Waals surface area contributed by atoms with Gasteiger partial charge in [0, 0.05) is 22.7 Å². The fourth-order valence-corrected chi connectivity index (χ4v) is 3.88. The standard InChI is InChI=1S/C14H24N4OS/c1-9(7-14(2,15)8-19)20-13-17-16-12(10-3-4-10)18(13)11-5-6-11/h9-11,19H,3-8,15H2,1-2H3. The highest BCUT2D eigenvalue weighted by Crippen LogP contribution is 2.46. The third kappa shape index (κ3) is 3.18. The van der Waals surface area contributed by atoms with Crippen molar-refractivity contribution in [2.45, 2.75) is 73.9 Å². The predicted molar refractivity (Wildman–Crippen MR) is 79.9 cm³/mol. The zero-order valence-corrected chi connectivity index (χ0v) is 13.1. The summed E-state index contributed by atoms with van der Waals surface area (Å²) >= 11 is 1.75. The van der Waals surface area contributed by atoms with E-state index < -0.39 is 5.54 Å². The molecule has 2 fully saturated rings. The third-order valence-corrected chi connectivity index (χ3v) is 5.03. The van der Waals surface area contributed by atoms with Crippen molar-refractivity contribution >= 4 is 11.8 Å². The third-order valence-electron chi connectivity index (χ3n) is 3.97. The molecule has 2 aliphatic rings. The van der Waals surface area contributed by atoms with E-state index in [1.54, 1.807) is 11.8 Å². The van der Waals surface area contributed by atoms with Crippen LogP contribution in [0.2, 0.25) is 0 Å². The minimum atomic E-state index is -0.518. The summed E-state index contributed by atoms with van der Waals surface area (Å²) in [6.45, 7) is 4.06. The first-order chi connectivity index (χ1) is 9.50. The average molecular weight is 296 g/mol. The highest BCUT2D eigenvalue weighted by molar-refractivity contribution is 7.99. The van der Waals surface area contributed by atoms with E-state index in [0.717, 1.165) is 11.6 Å². The van der Waals surface area contributed by atoms with Crippen LogP contribution in [0, 0.1) is 0 Å². The zero-order chi connectivity index (χ0) is 14.3. The van der Waals surface area contributed by atoms with Gasteiger partial charge < -0.3 is 15.4 Å². The number of nitrogens with two attached hydrogens (primary N) is 1. The zero-order valence-electron chi connectivity index (χ0n) is 12.2. The van der Waals surface area contributed by atoms with E-state index in [0.29, 0.717) is 17.2 Å². The van der Waals surface area contributed by atoms with Crippen LogP contribution in [0.25, 0.3) is 0 Å². The molecule has 0 radical (unpaired) electrons. The lowest BCUT2D eigenvalue weighted by atomic mass is 9.99. The maximum Gasteiger partial charge on any atom is 0.191 e. The molecule has 2 aliphatic carbocycles. The van der Waals surface area contributed by atoms with Crippen LogP contribution in [-0.4, -0.2) is 37.3 Å². The summed E-state index contributed by atoms with van der Waals surface area (Å²) in [7, 11) is 0. The van der Waals surface area contributed by atoms with Gasteiger partial charge in [-0.05, 0) is 39.0 Å². The van der Waals surface area contributed by atoms with Gasteiger partial charge in [0.1, 0.15) is 5.82 Å². The Morgan fingerprint density at radius 3 is 2.65 bits per heavy atom. The Bertz CT molecular complexity index is 480.